The van der Waals surface area contributed by atoms with E-state index in [1.54, 1.807) is 43.5 Å². The van der Waals surface area contributed by atoms with Crippen LogP contribution in [0.3, 0.4) is 0 Å². The number of benzene rings is 3. The fourth-order valence-electron chi connectivity index (χ4n) is 2.99. The molecule has 1 aromatic heterocycles. The summed E-state index contributed by atoms with van der Waals surface area (Å²) in [5.41, 5.74) is 0.602. The molecule has 0 spiro atoms. The number of hydrogen-bond donors (Lipinski definition) is 1. The van der Waals surface area contributed by atoms with Gasteiger partial charge in [0.1, 0.15) is 11.5 Å². The van der Waals surface area contributed by atoms with E-state index in [2.05, 4.69) is 14.9 Å². The molecule has 30 heavy (non-hydrogen) atoms. The molecule has 154 valence electrons. The van der Waals surface area contributed by atoms with Crippen LogP contribution in [0.2, 0.25) is 0 Å². The van der Waals surface area contributed by atoms with Crippen LogP contribution in [-0.4, -0.2) is 32.8 Å². The molecule has 0 atom stereocenters. The average molecular weight is 425 g/mol. The van der Waals surface area contributed by atoms with Crippen molar-refractivity contribution in [3.63, 3.8) is 0 Å². The van der Waals surface area contributed by atoms with Crippen molar-refractivity contribution in [2.24, 2.45) is 0 Å². The SMILES string of the molecule is COc1ccc(-c2noc(CNS(=O)(=O)c3ccc4ccccc4c3)n2)c(OC)c1. The maximum absolute atomic E-state index is 12.7. The summed E-state index contributed by atoms with van der Waals surface area (Å²) in [5.74, 6) is 1.56. The molecule has 1 N–H and O–H groups in total. The fourth-order valence-corrected chi connectivity index (χ4v) is 4.00. The Bertz CT molecular complexity index is 1300. The molecule has 1 heterocycles. The minimum Gasteiger partial charge on any atom is -0.497 e. The second-order valence-corrected chi connectivity index (χ2v) is 8.18. The Morgan fingerprint density at radius 3 is 2.53 bits per heavy atom. The van der Waals surface area contributed by atoms with Crippen molar-refractivity contribution < 1.29 is 22.4 Å². The van der Waals surface area contributed by atoms with Crippen LogP contribution < -0.4 is 14.2 Å². The summed E-state index contributed by atoms with van der Waals surface area (Å²) in [7, 11) is -0.663. The largest absolute Gasteiger partial charge is 0.497 e. The zero-order valence-corrected chi connectivity index (χ0v) is 17.1. The van der Waals surface area contributed by atoms with Crippen molar-refractivity contribution in [1.29, 1.82) is 0 Å². The third-order valence-corrected chi connectivity index (χ3v) is 5.96. The summed E-state index contributed by atoms with van der Waals surface area (Å²) >= 11 is 0. The monoisotopic (exact) mass is 425 g/mol. The summed E-state index contributed by atoms with van der Waals surface area (Å²) in [6.07, 6.45) is 0. The lowest BCUT2D eigenvalue weighted by molar-refractivity contribution is 0.375. The Morgan fingerprint density at radius 2 is 1.77 bits per heavy atom. The van der Waals surface area contributed by atoms with Gasteiger partial charge in [-0.3, -0.25) is 0 Å². The zero-order valence-electron chi connectivity index (χ0n) is 16.3. The van der Waals surface area contributed by atoms with Gasteiger partial charge < -0.3 is 14.0 Å². The molecule has 4 aromatic rings. The standard InChI is InChI=1S/C21H19N3O5S/c1-27-16-8-10-18(19(12-16)28-2)21-23-20(29-24-21)13-22-30(25,26)17-9-7-14-5-3-4-6-15(14)11-17/h3-12,22H,13H2,1-2H3. The quantitative estimate of drug-likeness (QED) is 0.484. The normalized spacial score (nSPS) is 11.5. The zero-order chi connectivity index (χ0) is 21.1. The topological polar surface area (TPSA) is 104 Å². The van der Waals surface area contributed by atoms with Gasteiger partial charge in [0.2, 0.25) is 21.7 Å². The molecule has 0 saturated heterocycles. The van der Waals surface area contributed by atoms with Crippen LogP contribution in [0, 0.1) is 0 Å². The Labute approximate surface area is 173 Å². The molecular formula is C21H19N3O5S. The molecule has 3 aromatic carbocycles. The molecule has 0 aliphatic rings. The fraction of sp³-hybridized carbons (Fsp3) is 0.143. The third kappa shape index (κ3) is 3.98. The van der Waals surface area contributed by atoms with E-state index in [9.17, 15) is 8.42 Å². The van der Waals surface area contributed by atoms with Crippen molar-refractivity contribution in [3.05, 3.63) is 66.6 Å². The van der Waals surface area contributed by atoms with Gasteiger partial charge in [-0.05, 0) is 35.0 Å². The maximum atomic E-state index is 12.7. The van der Waals surface area contributed by atoms with E-state index >= 15 is 0 Å². The van der Waals surface area contributed by atoms with E-state index in [-0.39, 0.29) is 23.2 Å². The van der Waals surface area contributed by atoms with Crippen LogP contribution in [-0.2, 0) is 16.6 Å². The maximum Gasteiger partial charge on any atom is 0.242 e. The third-order valence-electron chi connectivity index (χ3n) is 4.56. The van der Waals surface area contributed by atoms with Crippen LogP contribution >= 0.6 is 0 Å². The highest BCUT2D eigenvalue weighted by atomic mass is 32.2. The van der Waals surface area contributed by atoms with Crippen LogP contribution in [0.25, 0.3) is 22.2 Å². The first-order valence-corrected chi connectivity index (χ1v) is 10.5. The number of nitrogens with one attached hydrogen (secondary N) is 1. The van der Waals surface area contributed by atoms with E-state index in [1.165, 1.54) is 7.11 Å². The first-order valence-electron chi connectivity index (χ1n) is 9.03. The highest BCUT2D eigenvalue weighted by Crippen LogP contribution is 2.31. The van der Waals surface area contributed by atoms with Gasteiger partial charge in [-0.25, -0.2) is 13.1 Å². The average Bonchev–Trinajstić information content (AvgIpc) is 3.26. The molecule has 0 saturated carbocycles. The summed E-state index contributed by atoms with van der Waals surface area (Å²) in [6.45, 7) is -0.138. The number of ether oxygens (including phenoxy) is 2. The van der Waals surface area contributed by atoms with Gasteiger partial charge in [-0.1, -0.05) is 35.5 Å². The predicted octanol–water partition coefficient (Wildman–Crippen LogP) is 3.39. The summed E-state index contributed by atoms with van der Waals surface area (Å²) in [5, 5.41) is 5.73. The lowest BCUT2D eigenvalue weighted by atomic mass is 10.1. The van der Waals surface area contributed by atoms with Gasteiger partial charge in [0.15, 0.2) is 0 Å². The van der Waals surface area contributed by atoms with Gasteiger partial charge >= 0.3 is 0 Å². The molecule has 0 bridgehead atoms. The van der Waals surface area contributed by atoms with Gasteiger partial charge in [0.05, 0.1) is 31.2 Å². The summed E-state index contributed by atoms with van der Waals surface area (Å²) in [6, 6.07) is 17.7. The van der Waals surface area contributed by atoms with Gasteiger partial charge in [-0.2, -0.15) is 4.98 Å². The lowest BCUT2D eigenvalue weighted by Crippen LogP contribution is -2.23. The molecule has 4 rings (SSSR count). The van der Waals surface area contributed by atoms with E-state index in [0.717, 1.165) is 10.8 Å². The van der Waals surface area contributed by atoms with Crippen molar-refractivity contribution in [1.82, 2.24) is 14.9 Å². The van der Waals surface area contributed by atoms with E-state index in [0.29, 0.717) is 17.1 Å². The molecule has 0 aliphatic carbocycles. The number of aromatic nitrogens is 2. The van der Waals surface area contributed by atoms with Gasteiger partial charge in [-0.15, -0.1) is 0 Å². The molecule has 9 heteroatoms. The summed E-state index contributed by atoms with van der Waals surface area (Å²) < 4.78 is 43.5. The van der Waals surface area contributed by atoms with Crippen molar-refractivity contribution in [3.8, 4) is 22.9 Å². The minimum atomic E-state index is -3.75. The van der Waals surface area contributed by atoms with Crippen molar-refractivity contribution in [2.45, 2.75) is 11.4 Å². The van der Waals surface area contributed by atoms with E-state index < -0.39 is 10.0 Å². The molecule has 8 nitrogen and oxygen atoms in total. The van der Waals surface area contributed by atoms with Gasteiger partial charge in [0, 0.05) is 6.07 Å². The van der Waals surface area contributed by atoms with Crippen LogP contribution in [0.5, 0.6) is 11.5 Å². The molecule has 0 fully saturated rings. The van der Waals surface area contributed by atoms with Crippen LogP contribution in [0.4, 0.5) is 0 Å². The molecule has 0 amide bonds. The van der Waals surface area contributed by atoms with Gasteiger partial charge in [0.25, 0.3) is 0 Å². The Balaban J connectivity index is 1.52. The first kappa shape index (κ1) is 19.9. The van der Waals surface area contributed by atoms with E-state index in [1.807, 2.05) is 24.3 Å². The lowest BCUT2D eigenvalue weighted by Gasteiger charge is -2.07. The molecular weight excluding hydrogens is 406 g/mol. The van der Waals surface area contributed by atoms with Crippen LogP contribution in [0.15, 0.2) is 70.1 Å². The number of hydrogen-bond acceptors (Lipinski definition) is 7. The van der Waals surface area contributed by atoms with E-state index in [4.69, 9.17) is 14.0 Å². The Kier molecular flexibility index (Phi) is 5.39. The second-order valence-electron chi connectivity index (χ2n) is 6.41. The smallest absolute Gasteiger partial charge is 0.242 e. The first-order chi connectivity index (χ1) is 14.5. The highest BCUT2D eigenvalue weighted by molar-refractivity contribution is 7.89. The summed E-state index contributed by atoms with van der Waals surface area (Å²) in [4.78, 5) is 4.43. The number of methoxy groups -OCH3 is 2. The predicted molar refractivity (Wildman–Crippen MR) is 111 cm³/mol. The molecule has 0 unspecified atom stereocenters. The minimum absolute atomic E-state index is 0.132. The number of sulfonamides is 1. The number of rotatable bonds is 7. The number of nitrogens with zero attached hydrogens (tertiary/aromatic N) is 2. The van der Waals surface area contributed by atoms with Crippen molar-refractivity contribution in [2.75, 3.05) is 14.2 Å². The van der Waals surface area contributed by atoms with Crippen molar-refractivity contribution >= 4 is 20.8 Å². The van der Waals surface area contributed by atoms with Crippen LogP contribution in [0.1, 0.15) is 5.89 Å². The Hall–Kier alpha value is -3.43. The number of fused-ring (bicyclic) bond motifs is 1. The molecule has 0 aliphatic heterocycles. The second kappa shape index (κ2) is 8.13. The molecule has 0 radical (unpaired) electrons. The highest BCUT2D eigenvalue weighted by Gasteiger charge is 2.18. The Morgan fingerprint density at radius 1 is 0.967 bits per heavy atom.